The van der Waals surface area contributed by atoms with Crippen LogP contribution in [0.5, 0.6) is 0 Å². The topological polar surface area (TPSA) is 67.2 Å². The zero-order valence-corrected chi connectivity index (χ0v) is 14.1. The van der Waals surface area contributed by atoms with Gasteiger partial charge in [-0.2, -0.15) is 0 Å². The number of carbonyl (C=O) groups excluding carboxylic acids is 1. The number of hydrogen-bond donors (Lipinski definition) is 2. The van der Waals surface area contributed by atoms with Crippen LogP contribution < -0.4 is 10.6 Å². The summed E-state index contributed by atoms with van der Waals surface area (Å²) in [4.78, 5) is 12.3. The molecule has 2 aromatic rings. The van der Waals surface area contributed by atoms with Crippen molar-refractivity contribution in [2.45, 2.75) is 51.6 Å². The van der Waals surface area contributed by atoms with E-state index in [1.807, 2.05) is 26.8 Å². The van der Waals surface area contributed by atoms with E-state index in [1.54, 1.807) is 6.07 Å². The molecule has 24 heavy (non-hydrogen) atoms. The minimum atomic E-state index is -0.243. The molecule has 1 aromatic heterocycles. The molecule has 1 saturated carbocycles. The predicted molar refractivity (Wildman–Crippen MR) is 88.2 cm³/mol. The Labute approximate surface area is 140 Å². The van der Waals surface area contributed by atoms with E-state index in [0.29, 0.717) is 0 Å². The normalized spacial score (nSPS) is 20.5. The Kier molecular flexibility index (Phi) is 4.55. The maximum Gasteiger partial charge on any atom is 0.315 e. The van der Waals surface area contributed by atoms with Gasteiger partial charge in [-0.15, -0.1) is 0 Å². The lowest BCUT2D eigenvalue weighted by Gasteiger charge is -2.17. The molecule has 0 unspecified atom stereocenters. The molecule has 1 fully saturated rings. The van der Waals surface area contributed by atoms with Gasteiger partial charge in [0.25, 0.3) is 0 Å². The van der Waals surface area contributed by atoms with Crippen molar-refractivity contribution in [2.75, 3.05) is 0 Å². The summed E-state index contributed by atoms with van der Waals surface area (Å²) in [6.07, 6.45) is 1.58. The molecule has 0 saturated heterocycles. The predicted octanol–water partition coefficient (Wildman–Crippen LogP) is 3.74. The molecule has 1 heterocycles. The number of halogens is 1. The number of nitrogens with zero attached hydrogens (tertiary/aromatic N) is 1. The van der Waals surface area contributed by atoms with Crippen molar-refractivity contribution in [3.05, 3.63) is 52.7 Å². The van der Waals surface area contributed by atoms with Crippen molar-refractivity contribution in [1.82, 2.24) is 15.8 Å². The maximum absolute atomic E-state index is 13.3. The van der Waals surface area contributed by atoms with Gasteiger partial charge in [0.1, 0.15) is 11.6 Å². The molecule has 6 heteroatoms. The summed E-state index contributed by atoms with van der Waals surface area (Å²) < 4.78 is 18.5. The molecule has 0 aliphatic heterocycles. The first-order chi connectivity index (χ1) is 11.5. The summed E-state index contributed by atoms with van der Waals surface area (Å²) in [5.74, 6) is 0.668. The largest absolute Gasteiger partial charge is 0.361 e. The Morgan fingerprint density at radius 1 is 1.46 bits per heavy atom. The van der Waals surface area contributed by atoms with Gasteiger partial charge in [0, 0.05) is 17.5 Å². The minimum Gasteiger partial charge on any atom is -0.361 e. The summed E-state index contributed by atoms with van der Waals surface area (Å²) in [5.41, 5.74) is 2.66. The van der Waals surface area contributed by atoms with Crippen LogP contribution in [0.2, 0.25) is 0 Å². The molecular weight excluding hydrogens is 309 g/mol. The van der Waals surface area contributed by atoms with Crippen molar-refractivity contribution in [3.63, 3.8) is 0 Å². The quantitative estimate of drug-likeness (QED) is 0.877. The summed E-state index contributed by atoms with van der Waals surface area (Å²) in [7, 11) is 0. The zero-order chi connectivity index (χ0) is 17.3. The molecule has 2 amide bonds. The lowest BCUT2D eigenvalue weighted by molar-refractivity contribution is 0.236. The fourth-order valence-electron chi connectivity index (χ4n) is 3.19. The highest BCUT2D eigenvalue weighted by atomic mass is 19.1. The van der Waals surface area contributed by atoms with E-state index < -0.39 is 0 Å². The molecule has 1 aliphatic rings. The van der Waals surface area contributed by atoms with E-state index in [9.17, 15) is 9.18 Å². The Balaban J connectivity index is 1.58. The number of aryl methyl sites for hydroxylation is 2. The summed E-state index contributed by atoms with van der Waals surface area (Å²) >= 11 is 0. The fourth-order valence-corrected chi connectivity index (χ4v) is 3.19. The molecule has 1 aromatic carbocycles. The molecule has 1 aliphatic carbocycles. The second kappa shape index (κ2) is 6.63. The summed E-state index contributed by atoms with van der Waals surface area (Å²) in [6.45, 7) is 5.72. The first-order valence-electron chi connectivity index (χ1n) is 8.24. The Morgan fingerprint density at radius 3 is 2.88 bits per heavy atom. The lowest BCUT2D eigenvalue weighted by Crippen LogP contribution is -2.39. The fraction of sp³-hybridized carbons (Fsp3) is 0.444. The van der Waals surface area contributed by atoms with Gasteiger partial charge < -0.3 is 15.2 Å². The second-order valence-electron chi connectivity index (χ2n) is 6.32. The first kappa shape index (κ1) is 16.5. The van der Waals surface area contributed by atoms with Crippen molar-refractivity contribution < 1.29 is 13.7 Å². The van der Waals surface area contributed by atoms with Crippen LogP contribution in [-0.2, 0) is 0 Å². The molecule has 128 valence electrons. The van der Waals surface area contributed by atoms with Crippen LogP contribution in [-0.4, -0.2) is 17.2 Å². The number of hydrogen-bond acceptors (Lipinski definition) is 3. The standard InChI is InChI=1S/C18H22FN3O2/c1-4-15(17-10(2)22-24-11(17)3)20-18(23)21-16-9-14(16)12-6-5-7-13(19)8-12/h5-8,14-16H,4,9H2,1-3H3,(H2,20,21,23)/t14-,15-,16+/m0/s1. The van der Waals surface area contributed by atoms with Crippen LogP contribution in [0.25, 0.3) is 0 Å². The van der Waals surface area contributed by atoms with Crippen LogP contribution in [0.1, 0.15) is 54.3 Å². The number of benzene rings is 1. The summed E-state index contributed by atoms with van der Waals surface area (Å²) in [6, 6.07) is 6.25. The molecule has 2 N–H and O–H groups in total. The molecule has 0 radical (unpaired) electrons. The molecule has 3 atom stereocenters. The smallest absolute Gasteiger partial charge is 0.315 e. The van der Waals surface area contributed by atoms with Crippen LogP contribution in [0.4, 0.5) is 9.18 Å². The SMILES string of the molecule is CC[C@H](NC(=O)N[C@@H]1C[C@H]1c1cccc(F)c1)c1c(C)noc1C. The monoisotopic (exact) mass is 331 g/mol. The van der Waals surface area contributed by atoms with E-state index in [0.717, 1.165) is 35.4 Å². The number of urea groups is 1. The second-order valence-corrected chi connectivity index (χ2v) is 6.32. The third-order valence-electron chi connectivity index (χ3n) is 4.53. The Bertz CT molecular complexity index is 724. The van der Waals surface area contributed by atoms with Gasteiger partial charge in [-0.1, -0.05) is 24.2 Å². The van der Waals surface area contributed by atoms with E-state index in [2.05, 4.69) is 15.8 Å². The average molecular weight is 331 g/mol. The minimum absolute atomic E-state index is 0.0500. The number of rotatable bonds is 5. The van der Waals surface area contributed by atoms with E-state index in [1.165, 1.54) is 12.1 Å². The highest BCUT2D eigenvalue weighted by Crippen LogP contribution is 2.40. The van der Waals surface area contributed by atoms with Crippen molar-refractivity contribution in [3.8, 4) is 0 Å². The molecule has 3 rings (SSSR count). The molecule has 0 spiro atoms. The van der Waals surface area contributed by atoms with Crippen LogP contribution in [0.15, 0.2) is 28.8 Å². The van der Waals surface area contributed by atoms with E-state index in [-0.39, 0.29) is 29.8 Å². The van der Waals surface area contributed by atoms with Crippen LogP contribution in [0.3, 0.4) is 0 Å². The van der Waals surface area contributed by atoms with Crippen molar-refractivity contribution in [2.24, 2.45) is 0 Å². The van der Waals surface area contributed by atoms with Crippen LogP contribution >= 0.6 is 0 Å². The number of carbonyl (C=O) groups is 1. The highest BCUT2D eigenvalue weighted by Gasteiger charge is 2.40. The van der Waals surface area contributed by atoms with Crippen molar-refractivity contribution in [1.29, 1.82) is 0 Å². The zero-order valence-electron chi connectivity index (χ0n) is 14.1. The van der Waals surface area contributed by atoms with E-state index in [4.69, 9.17) is 4.52 Å². The first-order valence-corrected chi connectivity index (χ1v) is 8.24. The van der Waals surface area contributed by atoms with Gasteiger partial charge in [0.2, 0.25) is 0 Å². The third-order valence-corrected chi connectivity index (χ3v) is 4.53. The van der Waals surface area contributed by atoms with Gasteiger partial charge in [0.15, 0.2) is 0 Å². The Hall–Kier alpha value is -2.37. The number of amides is 2. The van der Waals surface area contributed by atoms with Gasteiger partial charge in [-0.3, -0.25) is 0 Å². The van der Waals surface area contributed by atoms with Crippen LogP contribution in [0, 0.1) is 19.7 Å². The van der Waals surface area contributed by atoms with Gasteiger partial charge in [-0.25, -0.2) is 9.18 Å². The van der Waals surface area contributed by atoms with Crippen molar-refractivity contribution >= 4 is 6.03 Å². The Morgan fingerprint density at radius 2 is 2.25 bits per heavy atom. The molecule has 5 nitrogen and oxygen atoms in total. The average Bonchev–Trinajstić information content (AvgIpc) is 3.23. The van der Waals surface area contributed by atoms with Gasteiger partial charge in [0.05, 0.1) is 11.7 Å². The van der Waals surface area contributed by atoms with Gasteiger partial charge >= 0.3 is 6.03 Å². The number of nitrogens with one attached hydrogen (secondary N) is 2. The number of aromatic nitrogens is 1. The van der Waals surface area contributed by atoms with E-state index >= 15 is 0 Å². The maximum atomic E-state index is 13.3. The lowest BCUT2D eigenvalue weighted by atomic mass is 10.0. The molecule has 0 bridgehead atoms. The molecular formula is C18H22FN3O2. The highest BCUT2D eigenvalue weighted by molar-refractivity contribution is 5.75. The van der Waals surface area contributed by atoms with Gasteiger partial charge in [-0.05, 0) is 44.4 Å². The summed E-state index contributed by atoms with van der Waals surface area (Å²) in [5, 5.41) is 9.89. The third kappa shape index (κ3) is 3.42.